The Kier molecular flexibility index (Phi) is 5.95. The van der Waals surface area contributed by atoms with E-state index in [2.05, 4.69) is 44.5 Å². The predicted octanol–water partition coefficient (Wildman–Crippen LogP) is 2.03. The Morgan fingerprint density at radius 2 is 1.84 bits per heavy atom. The van der Waals surface area contributed by atoms with Crippen molar-refractivity contribution in [1.29, 1.82) is 0 Å². The molecule has 2 heterocycles. The van der Waals surface area contributed by atoms with Crippen LogP contribution in [0.25, 0.3) is 5.70 Å². The second-order valence-corrected chi connectivity index (χ2v) is 5.93. The number of hydrogen-bond acceptors (Lipinski definition) is 6. The fourth-order valence-electron chi connectivity index (χ4n) is 2.85. The van der Waals surface area contributed by atoms with Gasteiger partial charge in [-0.15, -0.1) is 0 Å². The van der Waals surface area contributed by atoms with E-state index in [1.165, 1.54) is 5.69 Å². The summed E-state index contributed by atoms with van der Waals surface area (Å²) in [6.45, 7) is 6.79. The van der Waals surface area contributed by atoms with Crippen molar-refractivity contribution in [2.75, 3.05) is 51.3 Å². The molecule has 1 aromatic rings. The monoisotopic (exact) mass is 339 g/mol. The first kappa shape index (κ1) is 17.4. The summed E-state index contributed by atoms with van der Waals surface area (Å²) in [5, 5.41) is 3.14. The highest BCUT2D eigenvalue weighted by Gasteiger charge is 2.12. The summed E-state index contributed by atoms with van der Waals surface area (Å²) in [7, 11) is 1.87. The van der Waals surface area contributed by atoms with Crippen molar-refractivity contribution in [1.82, 2.24) is 5.32 Å². The highest BCUT2D eigenvalue weighted by molar-refractivity contribution is 6.41. The molecule has 1 N–H and O–H groups in total. The minimum Gasteiger partial charge on any atom is -0.378 e. The van der Waals surface area contributed by atoms with Crippen LogP contribution in [0.4, 0.5) is 5.69 Å². The number of amidine groups is 1. The number of aliphatic imine (C=N–C) groups is 3. The second kappa shape index (κ2) is 8.58. The highest BCUT2D eigenvalue weighted by Crippen LogP contribution is 2.22. The number of rotatable bonds is 2. The maximum atomic E-state index is 5.42. The summed E-state index contributed by atoms with van der Waals surface area (Å²) in [6, 6.07) is 8.51. The maximum absolute atomic E-state index is 5.42. The number of anilines is 1. The van der Waals surface area contributed by atoms with E-state index in [4.69, 9.17) is 9.73 Å². The standard InChI is InChI=1S/C19H25N5O/c1-15-19(20-2)23-18(7-8-21-9-10-22-15)16-3-5-17(6-4-16)24-11-13-25-14-12-24/h3-8H,9-14H2,1-2H3,(H,20,23)/b18-7-,21-8+,22-15+. The first-order valence-corrected chi connectivity index (χ1v) is 8.69. The first-order chi connectivity index (χ1) is 12.3. The molecule has 1 saturated heterocycles. The van der Waals surface area contributed by atoms with Crippen molar-refractivity contribution in [3.63, 3.8) is 0 Å². The molecule has 0 aliphatic carbocycles. The Morgan fingerprint density at radius 3 is 2.56 bits per heavy atom. The third kappa shape index (κ3) is 4.54. The van der Waals surface area contributed by atoms with Gasteiger partial charge in [-0.2, -0.15) is 0 Å². The van der Waals surface area contributed by atoms with Gasteiger partial charge in [0.15, 0.2) is 0 Å². The van der Waals surface area contributed by atoms with Crippen LogP contribution < -0.4 is 10.2 Å². The van der Waals surface area contributed by atoms with Gasteiger partial charge >= 0.3 is 0 Å². The summed E-state index contributed by atoms with van der Waals surface area (Å²) < 4.78 is 5.42. The van der Waals surface area contributed by atoms with E-state index < -0.39 is 0 Å². The SMILES string of the molecule is CNC1=N/C(c2ccc(N3CCOCC3)cc2)=C\C=N\CC\N=C\1C. The van der Waals surface area contributed by atoms with Gasteiger partial charge in [0, 0.05) is 37.6 Å². The predicted molar refractivity (Wildman–Crippen MR) is 105 cm³/mol. The van der Waals surface area contributed by atoms with Crippen LogP contribution in [0, 0.1) is 0 Å². The summed E-state index contributed by atoms with van der Waals surface area (Å²) in [6.07, 6.45) is 3.78. The van der Waals surface area contributed by atoms with Gasteiger partial charge in [-0.1, -0.05) is 12.1 Å². The molecule has 0 amide bonds. The molecule has 132 valence electrons. The van der Waals surface area contributed by atoms with Gasteiger partial charge in [-0.05, 0) is 25.1 Å². The molecule has 0 bridgehead atoms. The third-order valence-electron chi connectivity index (χ3n) is 4.27. The van der Waals surface area contributed by atoms with Crippen LogP contribution in [0.15, 0.2) is 45.3 Å². The molecule has 1 aromatic carbocycles. The van der Waals surface area contributed by atoms with Crippen molar-refractivity contribution in [2.24, 2.45) is 15.0 Å². The van der Waals surface area contributed by atoms with E-state index in [1.807, 2.05) is 26.3 Å². The molecule has 1 fully saturated rings. The van der Waals surface area contributed by atoms with E-state index in [0.717, 1.165) is 49.1 Å². The number of morpholine rings is 1. The molecule has 0 atom stereocenters. The largest absolute Gasteiger partial charge is 0.378 e. The summed E-state index contributed by atoms with van der Waals surface area (Å²) in [4.78, 5) is 16.0. The lowest BCUT2D eigenvalue weighted by atomic mass is 10.1. The lowest BCUT2D eigenvalue weighted by Crippen LogP contribution is -2.36. The number of nitrogens with one attached hydrogen (secondary N) is 1. The van der Waals surface area contributed by atoms with Crippen LogP contribution in [0.2, 0.25) is 0 Å². The molecule has 0 spiro atoms. The Morgan fingerprint density at radius 1 is 1.08 bits per heavy atom. The molecule has 0 unspecified atom stereocenters. The van der Waals surface area contributed by atoms with Crippen molar-refractivity contribution in [2.45, 2.75) is 6.92 Å². The smallest absolute Gasteiger partial charge is 0.147 e. The minimum absolute atomic E-state index is 0.681. The van der Waals surface area contributed by atoms with Gasteiger partial charge in [0.1, 0.15) is 5.84 Å². The van der Waals surface area contributed by atoms with Gasteiger partial charge in [-0.3, -0.25) is 9.98 Å². The van der Waals surface area contributed by atoms with Crippen LogP contribution in [0.3, 0.4) is 0 Å². The number of nitrogens with zero attached hydrogens (tertiary/aromatic N) is 4. The molecule has 0 radical (unpaired) electrons. The number of allylic oxidation sites excluding steroid dienone is 1. The van der Waals surface area contributed by atoms with Crippen LogP contribution in [-0.2, 0) is 4.74 Å². The van der Waals surface area contributed by atoms with E-state index >= 15 is 0 Å². The Hall–Kier alpha value is -2.47. The van der Waals surface area contributed by atoms with Crippen LogP contribution in [0.5, 0.6) is 0 Å². The molecule has 25 heavy (non-hydrogen) atoms. The zero-order valence-electron chi connectivity index (χ0n) is 14.9. The molecular formula is C19H25N5O. The van der Waals surface area contributed by atoms with Crippen molar-refractivity contribution in [3.8, 4) is 0 Å². The normalized spacial score (nSPS) is 26.5. The molecule has 6 nitrogen and oxygen atoms in total. The van der Waals surface area contributed by atoms with Crippen LogP contribution in [-0.4, -0.2) is 64.2 Å². The molecule has 2 aliphatic rings. The zero-order chi connectivity index (χ0) is 17.5. The van der Waals surface area contributed by atoms with E-state index in [9.17, 15) is 0 Å². The maximum Gasteiger partial charge on any atom is 0.147 e. The lowest BCUT2D eigenvalue weighted by molar-refractivity contribution is 0.122. The number of hydrogen-bond donors (Lipinski definition) is 1. The van der Waals surface area contributed by atoms with E-state index in [-0.39, 0.29) is 0 Å². The lowest BCUT2D eigenvalue weighted by Gasteiger charge is -2.28. The fraction of sp³-hybridized carbons (Fsp3) is 0.421. The quantitative estimate of drug-likeness (QED) is 0.897. The zero-order valence-corrected chi connectivity index (χ0v) is 14.9. The topological polar surface area (TPSA) is 61.6 Å². The van der Waals surface area contributed by atoms with Gasteiger partial charge < -0.3 is 15.0 Å². The third-order valence-corrected chi connectivity index (χ3v) is 4.27. The van der Waals surface area contributed by atoms with E-state index in [1.54, 1.807) is 0 Å². The van der Waals surface area contributed by atoms with Crippen LogP contribution >= 0.6 is 0 Å². The first-order valence-electron chi connectivity index (χ1n) is 8.69. The summed E-state index contributed by atoms with van der Waals surface area (Å²) in [5.41, 5.74) is 4.05. The van der Waals surface area contributed by atoms with Gasteiger partial charge in [0.25, 0.3) is 0 Å². The molecular weight excluding hydrogens is 314 g/mol. The Labute approximate surface area is 149 Å². The highest BCUT2D eigenvalue weighted by atomic mass is 16.5. The van der Waals surface area contributed by atoms with Crippen LogP contribution in [0.1, 0.15) is 12.5 Å². The Bertz CT molecular complexity index is 697. The molecule has 0 aromatic heterocycles. The average Bonchev–Trinajstić information content (AvgIpc) is 2.67. The van der Waals surface area contributed by atoms with Gasteiger partial charge in [-0.25, -0.2) is 4.99 Å². The molecule has 6 heteroatoms. The van der Waals surface area contributed by atoms with Crippen molar-refractivity contribution in [3.05, 3.63) is 35.9 Å². The molecule has 2 aliphatic heterocycles. The van der Waals surface area contributed by atoms with Gasteiger partial charge in [0.05, 0.1) is 37.7 Å². The number of ether oxygens (including phenoxy) is 1. The number of benzene rings is 1. The van der Waals surface area contributed by atoms with Crippen molar-refractivity contribution < 1.29 is 4.74 Å². The minimum atomic E-state index is 0.681. The molecule has 0 saturated carbocycles. The second-order valence-electron chi connectivity index (χ2n) is 5.93. The van der Waals surface area contributed by atoms with E-state index in [0.29, 0.717) is 13.1 Å². The fourth-order valence-corrected chi connectivity index (χ4v) is 2.85. The van der Waals surface area contributed by atoms with Crippen molar-refractivity contribution >= 4 is 29.1 Å². The summed E-state index contributed by atoms with van der Waals surface area (Å²) in [5.74, 6) is 0.791. The Balaban J connectivity index is 1.87. The molecule has 3 rings (SSSR count). The average molecular weight is 339 g/mol. The van der Waals surface area contributed by atoms with Gasteiger partial charge in [0.2, 0.25) is 0 Å². The summed E-state index contributed by atoms with van der Waals surface area (Å²) >= 11 is 0.